The van der Waals surface area contributed by atoms with E-state index in [-0.39, 0.29) is 40.0 Å². The Labute approximate surface area is 234 Å². The first-order valence-electron chi connectivity index (χ1n) is 13.0. The minimum absolute atomic E-state index is 0.0448. The van der Waals surface area contributed by atoms with Crippen molar-refractivity contribution < 1.29 is 29.0 Å². The largest absolute Gasteiger partial charge is 0.508 e. The van der Waals surface area contributed by atoms with Gasteiger partial charge in [0.1, 0.15) is 11.5 Å². The summed E-state index contributed by atoms with van der Waals surface area (Å²) in [5, 5.41) is 10.9. The molecule has 1 saturated heterocycles. The molecule has 2 aromatic carbocycles. The number of hydrogen-bond acceptors (Lipinski definition) is 6. The predicted octanol–water partition coefficient (Wildman–Crippen LogP) is 4.93. The highest BCUT2D eigenvalue weighted by atomic mass is 79.9. The fourth-order valence-corrected chi connectivity index (χ4v) is 7.04. The quantitative estimate of drug-likeness (QED) is 0.309. The van der Waals surface area contributed by atoms with E-state index in [1.165, 1.54) is 24.2 Å². The van der Waals surface area contributed by atoms with Gasteiger partial charge in [-0.1, -0.05) is 30.7 Å². The van der Waals surface area contributed by atoms with Crippen molar-refractivity contribution in [2.45, 2.75) is 32.1 Å². The number of hydrogen-bond donors (Lipinski definition) is 1. The number of imide groups is 1. The Bertz CT molecular complexity index is 1550. The average Bonchev–Trinajstić information content (AvgIpc) is 3.20. The number of benzene rings is 2. The van der Waals surface area contributed by atoms with Gasteiger partial charge >= 0.3 is 0 Å². The van der Waals surface area contributed by atoms with Crippen LogP contribution in [0.15, 0.2) is 75.8 Å². The second kappa shape index (κ2) is 9.45. The van der Waals surface area contributed by atoms with Crippen LogP contribution in [0.25, 0.3) is 0 Å². The number of carbonyl (C=O) groups excluding carboxylic acids is 4. The van der Waals surface area contributed by atoms with E-state index < -0.39 is 23.7 Å². The lowest BCUT2D eigenvalue weighted by Gasteiger charge is -2.42. The summed E-state index contributed by atoms with van der Waals surface area (Å²) in [7, 11) is 1.51. The molecule has 1 heterocycles. The van der Waals surface area contributed by atoms with Crippen molar-refractivity contribution in [3.05, 3.63) is 86.9 Å². The molecule has 0 bridgehead atoms. The van der Waals surface area contributed by atoms with Gasteiger partial charge in [-0.3, -0.25) is 24.1 Å². The number of nitrogens with zero attached hydrogens (tertiary/aromatic N) is 1. The first-order chi connectivity index (χ1) is 18.7. The molecule has 1 N–H and O–H groups in total. The summed E-state index contributed by atoms with van der Waals surface area (Å²) in [6.07, 6.45) is 4.54. The number of halogens is 1. The van der Waals surface area contributed by atoms with Crippen molar-refractivity contribution in [1.29, 1.82) is 0 Å². The molecule has 0 spiro atoms. The molecule has 0 radical (unpaired) electrons. The second-order valence-electron chi connectivity index (χ2n) is 10.4. The third-order valence-electron chi connectivity index (χ3n) is 8.48. The van der Waals surface area contributed by atoms with Crippen molar-refractivity contribution in [1.82, 2.24) is 0 Å². The number of ether oxygens (including phenoxy) is 1. The Hall–Kier alpha value is -3.78. The number of rotatable bonds is 4. The maximum absolute atomic E-state index is 14.0. The molecule has 198 valence electrons. The summed E-state index contributed by atoms with van der Waals surface area (Å²) >= 11 is 3.23. The topological polar surface area (TPSA) is 101 Å². The molecule has 0 aromatic heterocycles. The van der Waals surface area contributed by atoms with Crippen molar-refractivity contribution in [2.75, 3.05) is 12.0 Å². The monoisotopic (exact) mass is 587 g/mol. The van der Waals surface area contributed by atoms with Gasteiger partial charge in [0.05, 0.1) is 29.1 Å². The molecule has 4 aliphatic rings. The molecule has 4 atom stereocenters. The highest BCUT2D eigenvalue weighted by Crippen LogP contribution is 2.56. The molecule has 1 fully saturated rings. The predicted molar refractivity (Wildman–Crippen MR) is 148 cm³/mol. The van der Waals surface area contributed by atoms with Crippen molar-refractivity contribution in [2.24, 2.45) is 17.8 Å². The standard InChI is InChI=1S/C31H26BrNO6/c1-3-15-4-6-16(7-5-15)33-30(37)19-10-9-18-20(27(19)31(33)38)13-22-28(25(35)14-23(32)29(22)36)26(18)21-12-17(39-2)8-11-24(21)34/h4-9,11-12,14,19-20,26-27,34H,3,10,13H2,1-2H3/t19-,20+,26+,27-/m0/s1. The lowest BCUT2D eigenvalue weighted by atomic mass is 9.59. The van der Waals surface area contributed by atoms with Gasteiger partial charge in [-0.15, -0.1) is 0 Å². The maximum atomic E-state index is 14.0. The number of methoxy groups -OCH3 is 1. The van der Waals surface area contributed by atoms with E-state index in [1.807, 2.05) is 25.1 Å². The molecule has 2 amide bonds. The summed E-state index contributed by atoms with van der Waals surface area (Å²) in [6, 6.07) is 12.2. The van der Waals surface area contributed by atoms with Crippen LogP contribution in [0.1, 0.15) is 36.8 Å². The number of carbonyl (C=O) groups is 4. The SMILES string of the molecule is CCc1ccc(N2C(=O)[C@H]3[C@H](CC=C4[C@H](c5cc(OC)ccc5O)C5=C(C[C@H]43)C(=O)C(Br)=CC5=O)C2=O)cc1. The van der Waals surface area contributed by atoms with Gasteiger partial charge in [0, 0.05) is 28.7 Å². The van der Waals surface area contributed by atoms with Crippen LogP contribution < -0.4 is 9.64 Å². The van der Waals surface area contributed by atoms with Crippen LogP contribution in [-0.4, -0.2) is 35.6 Å². The van der Waals surface area contributed by atoms with Crippen LogP contribution in [0.4, 0.5) is 5.69 Å². The highest BCUT2D eigenvalue weighted by Gasteiger charge is 2.56. The average molecular weight is 588 g/mol. The zero-order valence-electron chi connectivity index (χ0n) is 21.4. The minimum atomic E-state index is -0.746. The third-order valence-corrected chi connectivity index (χ3v) is 9.07. The summed E-state index contributed by atoms with van der Waals surface area (Å²) < 4.78 is 5.55. The molecule has 0 unspecified atom stereocenters. The normalized spacial score (nSPS) is 26.2. The van der Waals surface area contributed by atoms with Gasteiger partial charge in [0.15, 0.2) is 11.6 Å². The van der Waals surface area contributed by atoms with Crippen molar-refractivity contribution in [3.8, 4) is 11.5 Å². The Balaban J connectivity index is 1.48. The Morgan fingerprint density at radius 3 is 2.46 bits per heavy atom. The van der Waals surface area contributed by atoms with Crippen LogP contribution in [-0.2, 0) is 25.6 Å². The Kier molecular flexibility index (Phi) is 6.18. The molecule has 2 aromatic rings. The zero-order valence-corrected chi connectivity index (χ0v) is 23.0. The maximum Gasteiger partial charge on any atom is 0.238 e. The van der Waals surface area contributed by atoms with Gasteiger partial charge in [0.2, 0.25) is 11.8 Å². The number of fused-ring (bicyclic) bond motifs is 3. The number of aromatic hydroxyl groups is 1. The summed E-state index contributed by atoms with van der Waals surface area (Å²) in [6.45, 7) is 2.04. The number of anilines is 1. The fourth-order valence-electron chi connectivity index (χ4n) is 6.59. The van der Waals surface area contributed by atoms with Crippen LogP contribution in [0.5, 0.6) is 11.5 Å². The molecule has 8 heteroatoms. The molecular weight excluding hydrogens is 562 g/mol. The van der Waals surface area contributed by atoms with E-state index in [1.54, 1.807) is 24.3 Å². The Morgan fingerprint density at radius 2 is 1.77 bits per heavy atom. The fraction of sp³-hybridized carbons (Fsp3) is 0.290. The van der Waals surface area contributed by atoms with Gasteiger partial charge < -0.3 is 9.84 Å². The van der Waals surface area contributed by atoms with E-state index in [0.717, 1.165) is 17.6 Å². The highest BCUT2D eigenvalue weighted by molar-refractivity contribution is 9.12. The Morgan fingerprint density at radius 1 is 1.03 bits per heavy atom. The molecule has 39 heavy (non-hydrogen) atoms. The van der Waals surface area contributed by atoms with Crippen LogP contribution in [0, 0.1) is 17.8 Å². The van der Waals surface area contributed by atoms with Gasteiger partial charge in [-0.25, -0.2) is 0 Å². The van der Waals surface area contributed by atoms with Crippen LogP contribution in [0.2, 0.25) is 0 Å². The summed E-state index contributed by atoms with van der Waals surface area (Å²) in [4.78, 5) is 55.5. The van der Waals surface area contributed by atoms with Gasteiger partial charge in [-0.05, 0) is 77.0 Å². The number of amides is 2. The number of allylic oxidation sites excluding steroid dienone is 6. The third kappa shape index (κ3) is 3.84. The first kappa shape index (κ1) is 25.5. The minimum Gasteiger partial charge on any atom is -0.508 e. The second-order valence-corrected chi connectivity index (χ2v) is 11.2. The van der Waals surface area contributed by atoms with Crippen LogP contribution in [0.3, 0.4) is 0 Å². The molecule has 7 nitrogen and oxygen atoms in total. The van der Waals surface area contributed by atoms with Crippen molar-refractivity contribution >= 4 is 45.0 Å². The lowest BCUT2D eigenvalue weighted by Crippen LogP contribution is -2.39. The van der Waals surface area contributed by atoms with E-state index in [4.69, 9.17) is 4.74 Å². The molecule has 6 rings (SSSR count). The number of Topliss-reactive ketones (excluding diaryl/α,β-unsaturated/α-hetero) is 1. The van der Waals surface area contributed by atoms with Gasteiger partial charge in [0.25, 0.3) is 0 Å². The number of phenolic OH excluding ortho intramolecular Hbond substituents is 1. The molecule has 3 aliphatic carbocycles. The van der Waals surface area contributed by atoms with E-state index in [9.17, 15) is 24.3 Å². The van der Waals surface area contributed by atoms with E-state index in [0.29, 0.717) is 34.6 Å². The summed E-state index contributed by atoms with van der Waals surface area (Å²) in [5.41, 5.74) is 3.45. The van der Waals surface area contributed by atoms with Crippen molar-refractivity contribution in [3.63, 3.8) is 0 Å². The molecule has 1 aliphatic heterocycles. The zero-order chi connectivity index (χ0) is 27.6. The number of aryl methyl sites for hydroxylation is 1. The summed E-state index contributed by atoms with van der Waals surface area (Å²) in [5.74, 6) is -3.22. The van der Waals surface area contributed by atoms with E-state index >= 15 is 0 Å². The number of phenols is 1. The lowest BCUT2D eigenvalue weighted by molar-refractivity contribution is -0.123. The smallest absolute Gasteiger partial charge is 0.238 e. The molecule has 0 saturated carbocycles. The van der Waals surface area contributed by atoms with Gasteiger partial charge in [-0.2, -0.15) is 0 Å². The van der Waals surface area contributed by atoms with Crippen LogP contribution >= 0.6 is 15.9 Å². The van der Waals surface area contributed by atoms with E-state index in [2.05, 4.69) is 15.9 Å². The number of ketones is 2. The molecular formula is C31H26BrNO6. The first-order valence-corrected chi connectivity index (χ1v) is 13.8.